The number of carbonyl (C=O) groups is 3. The molecule has 0 spiro atoms. The van der Waals surface area contributed by atoms with Crippen LogP contribution >= 0.6 is 12.0 Å². The summed E-state index contributed by atoms with van der Waals surface area (Å²) < 4.78 is 72.8. The lowest BCUT2D eigenvalue weighted by molar-refractivity contribution is -0.432. The van der Waals surface area contributed by atoms with Crippen molar-refractivity contribution in [3.05, 3.63) is 59.7 Å². The maximum Gasteiger partial charge on any atom is 0.335 e. The lowest BCUT2D eigenvalue weighted by Crippen LogP contribution is -2.07. The van der Waals surface area contributed by atoms with E-state index in [0.717, 1.165) is 43.3 Å². The fourth-order valence-corrected chi connectivity index (χ4v) is 5.98. The molecule has 0 heterocycles. The SMILES string of the molecule is CC(=O)Nc1ccc(N=Nc2c(SOOO)cc3cc(S(=O)(=O)O)c(N=Nc4cc(C(=O)O)cc(C(=O)O)c4)c(O)c3c2O)c(S(=O)(=O)O)c1. The van der Waals surface area contributed by atoms with Crippen molar-refractivity contribution in [2.45, 2.75) is 21.6 Å². The number of hydrogen-bond acceptors (Lipinski definition) is 17. The molecule has 50 heavy (non-hydrogen) atoms. The van der Waals surface area contributed by atoms with Gasteiger partial charge in [0, 0.05) is 12.6 Å². The summed E-state index contributed by atoms with van der Waals surface area (Å²) in [5, 5.41) is 69.2. The highest BCUT2D eigenvalue weighted by atomic mass is 32.2. The number of rotatable bonds is 12. The van der Waals surface area contributed by atoms with Gasteiger partial charge in [-0.1, -0.05) is 5.04 Å². The van der Waals surface area contributed by atoms with Gasteiger partial charge in [0.25, 0.3) is 20.2 Å². The molecule has 0 unspecified atom stereocenters. The fraction of sp³-hybridized carbons (Fsp3) is 0.0385. The van der Waals surface area contributed by atoms with E-state index < -0.39 is 98.6 Å². The Morgan fingerprint density at radius 2 is 1.34 bits per heavy atom. The lowest BCUT2D eigenvalue weighted by Gasteiger charge is -2.13. The van der Waals surface area contributed by atoms with Crippen molar-refractivity contribution in [1.82, 2.24) is 0 Å². The van der Waals surface area contributed by atoms with Crippen LogP contribution in [0, 0.1) is 0 Å². The summed E-state index contributed by atoms with van der Waals surface area (Å²) >= 11 is 0.136. The molecule has 4 aromatic carbocycles. The van der Waals surface area contributed by atoms with E-state index in [9.17, 15) is 60.8 Å². The molecule has 0 aliphatic heterocycles. The van der Waals surface area contributed by atoms with Gasteiger partial charge >= 0.3 is 11.9 Å². The van der Waals surface area contributed by atoms with Crippen LogP contribution in [0.25, 0.3) is 10.8 Å². The van der Waals surface area contributed by atoms with Crippen molar-refractivity contribution >= 4 is 89.3 Å². The Morgan fingerprint density at radius 3 is 1.88 bits per heavy atom. The van der Waals surface area contributed by atoms with Gasteiger partial charge < -0.3 is 25.7 Å². The van der Waals surface area contributed by atoms with E-state index >= 15 is 0 Å². The van der Waals surface area contributed by atoms with Gasteiger partial charge in [0.15, 0.2) is 11.5 Å². The van der Waals surface area contributed by atoms with Gasteiger partial charge in [0.1, 0.15) is 26.9 Å². The quantitative estimate of drug-likeness (QED) is 0.0297. The minimum atomic E-state index is -5.26. The van der Waals surface area contributed by atoms with Crippen molar-refractivity contribution in [2.75, 3.05) is 5.32 Å². The highest BCUT2D eigenvalue weighted by molar-refractivity contribution is 7.94. The zero-order chi connectivity index (χ0) is 37.1. The molecule has 0 aliphatic rings. The smallest absolute Gasteiger partial charge is 0.335 e. The van der Waals surface area contributed by atoms with E-state index in [2.05, 4.69) is 35.1 Å². The van der Waals surface area contributed by atoms with Gasteiger partial charge in [-0.15, -0.1) is 19.7 Å². The zero-order valence-corrected chi connectivity index (χ0v) is 26.9. The number of carbonyl (C=O) groups excluding carboxylic acids is 1. The first-order chi connectivity index (χ1) is 23.3. The molecule has 0 fully saturated rings. The minimum Gasteiger partial charge on any atom is -0.505 e. The van der Waals surface area contributed by atoms with Gasteiger partial charge in [0.2, 0.25) is 5.91 Å². The molecule has 4 rings (SSSR count). The number of carboxylic acid groups (broad SMARTS) is 2. The first-order valence-electron chi connectivity index (χ1n) is 12.8. The second-order valence-corrected chi connectivity index (χ2v) is 13.1. The number of phenols is 2. The summed E-state index contributed by atoms with van der Waals surface area (Å²) in [6.07, 6.45) is 0. The Morgan fingerprint density at radius 1 is 0.760 bits per heavy atom. The predicted molar refractivity (Wildman–Crippen MR) is 167 cm³/mol. The summed E-state index contributed by atoms with van der Waals surface area (Å²) in [5.74, 6) is -5.91. The van der Waals surface area contributed by atoms with Crippen LogP contribution in [-0.4, -0.2) is 69.5 Å². The number of anilines is 1. The summed E-state index contributed by atoms with van der Waals surface area (Å²) in [4.78, 5) is 32.0. The van der Waals surface area contributed by atoms with Gasteiger partial charge in [-0.25, -0.2) is 14.8 Å². The molecule has 0 saturated heterocycles. The standard InChI is InChI=1S/C26H19N5O16S3/c1-10(32)27-14-2-3-16(18(9-14)49(40,41)42)29-30-21-17(48-47-46-39)7-11-8-19(50(43,44)45)22(24(34)20(11)23(21)33)31-28-15-5-12(25(35)36)4-13(6-15)26(37)38/h2-9,33-34,39H,1H3,(H,27,32)(H,35,36)(H,37,38)(H,40,41,42)(H,43,44,45). The van der Waals surface area contributed by atoms with E-state index in [1.54, 1.807) is 0 Å². The van der Waals surface area contributed by atoms with Crippen LogP contribution in [0.15, 0.2) is 83.7 Å². The first-order valence-corrected chi connectivity index (χ1v) is 16.5. The molecule has 1 amide bonds. The Labute approximate surface area is 282 Å². The molecule has 0 aliphatic carbocycles. The number of fused-ring (bicyclic) bond motifs is 1. The van der Waals surface area contributed by atoms with E-state index in [0.29, 0.717) is 6.07 Å². The third-order valence-electron chi connectivity index (χ3n) is 6.18. The monoisotopic (exact) mass is 753 g/mol. The molecule has 0 bridgehead atoms. The van der Waals surface area contributed by atoms with Crippen molar-refractivity contribution in [3.8, 4) is 11.5 Å². The van der Waals surface area contributed by atoms with E-state index in [4.69, 9.17) is 5.26 Å². The Balaban J connectivity index is 1.98. The number of nitrogens with one attached hydrogen (secondary N) is 1. The predicted octanol–water partition coefficient (Wildman–Crippen LogP) is 5.36. The normalized spacial score (nSPS) is 12.2. The van der Waals surface area contributed by atoms with Crippen molar-refractivity contribution in [2.24, 2.45) is 20.5 Å². The molecule has 24 heteroatoms. The fourth-order valence-electron chi connectivity index (χ4n) is 4.18. The van der Waals surface area contributed by atoms with E-state index in [1.807, 2.05) is 0 Å². The number of benzene rings is 4. The molecule has 262 valence electrons. The molecule has 0 saturated carbocycles. The third-order valence-corrected chi connectivity index (χ3v) is 8.55. The topological polar surface area (TPSA) is 341 Å². The van der Waals surface area contributed by atoms with E-state index in [1.165, 1.54) is 6.07 Å². The number of hydrogen-bond donors (Lipinski definition) is 8. The van der Waals surface area contributed by atoms with Crippen LogP contribution < -0.4 is 5.32 Å². The summed E-state index contributed by atoms with van der Waals surface area (Å²) in [6.45, 7) is 1.13. The summed E-state index contributed by atoms with van der Waals surface area (Å²) in [7, 11) is -10.3. The largest absolute Gasteiger partial charge is 0.505 e. The van der Waals surface area contributed by atoms with Crippen LogP contribution in [0.5, 0.6) is 11.5 Å². The molecule has 21 nitrogen and oxygen atoms in total. The van der Waals surface area contributed by atoms with Crippen LogP contribution in [0.4, 0.5) is 28.4 Å². The Bertz CT molecular complexity index is 2330. The Kier molecular flexibility index (Phi) is 10.8. The van der Waals surface area contributed by atoms with Crippen molar-refractivity contribution in [1.29, 1.82) is 0 Å². The number of carboxylic acids is 2. The first kappa shape index (κ1) is 37.2. The third kappa shape index (κ3) is 8.33. The number of aromatic carboxylic acids is 2. The average Bonchev–Trinajstić information content (AvgIpc) is 3.01. The van der Waals surface area contributed by atoms with Crippen LogP contribution in [0.1, 0.15) is 27.6 Å². The molecular weight excluding hydrogens is 735 g/mol. The van der Waals surface area contributed by atoms with Gasteiger partial charge in [0.05, 0.1) is 39.1 Å². The number of aromatic hydroxyl groups is 2. The van der Waals surface area contributed by atoms with Crippen LogP contribution in [0.3, 0.4) is 0 Å². The average molecular weight is 754 g/mol. The molecular formula is C26H19N5O16S3. The lowest BCUT2D eigenvalue weighted by atomic mass is 10.1. The number of amides is 1. The molecule has 0 aromatic heterocycles. The van der Waals surface area contributed by atoms with E-state index in [-0.39, 0.29) is 28.0 Å². The number of azo groups is 2. The molecule has 0 radical (unpaired) electrons. The van der Waals surface area contributed by atoms with Crippen LogP contribution in [-0.2, 0) is 34.4 Å². The van der Waals surface area contributed by atoms with Gasteiger partial charge in [-0.05, 0) is 53.9 Å². The minimum absolute atomic E-state index is 0.0579. The maximum atomic E-state index is 12.3. The van der Waals surface area contributed by atoms with Crippen molar-refractivity contribution in [3.63, 3.8) is 0 Å². The second-order valence-electron chi connectivity index (χ2n) is 9.56. The van der Waals surface area contributed by atoms with Gasteiger partial charge in [-0.3, -0.25) is 13.9 Å². The summed E-state index contributed by atoms with van der Waals surface area (Å²) in [6, 6.07) is 7.22. The second kappa shape index (κ2) is 14.5. The highest BCUT2D eigenvalue weighted by Gasteiger charge is 2.27. The highest BCUT2D eigenvalue weighted by Crippen LogP contribution is 2.51. The number of phenolic OH excluding ortho intramolecular Hbond substituents is 2. The molecule has 8 N–H and O–H groups in total. The van der Waals surface area contributed by atoms with Gasteiger partial charge in [-0.2, -0.15) is 21.9 Å². The Hall–Kier alpha value is -5.60. The summed E-state index contributed by atoms with van der Waals surface area (Å²) in [5.41, 5.74) is -3.85. The number of nitrogens with zero attached hydrogens (tertiary/aromatic N) is 4. The zero-order valence-electron chi connectivity index (χ0n) is 24.4. The molecule has 0 atom stereocenters. The maximum absolute atomic E-state index is 12.3. The van der Waals surface area contributed by atoms with Crippen LogP contribution in [0.2, 0.25) is 0 Å². The molecule has 4 aromatic rings. The van der Waals surface area contributed by atoms with Crippen molar-refractivity contribution < 1.29 is 75.4 Å².